The van der Waals surface area contributed by atoms with Gasteiger partial charge in [0.05, 0.1) is 5.69 Å². The second-order valence-corrected chi connectivity index (χ2v) is 3.23. The average Bonchev–Trinajstić information content (AvgIpc) is 2.39. The fraction of sp³-hybridized carbons (Fsp3) is 0.100. The molecular formula is C10H8N4. The summed E-state index contributed by atoms with van der Waals surface area (Å²) in [4.78, 5) is 0. The van der Waals surface area contributed by atoms with Gasteiger partial charge in [0, 0.05) is 5.56 Å². The molecule has 0 atom stereocenters. The zero-order valence-corrected chi connectivity index (χ0v) is 7.68. The molecule has 0 aliphatic heterocycles. The maximum atomic E-state index is 4.36. The lowest BCUT2D eigenvalue weighted by Crippen LogP contribution is -1.95. The van der Waals surface area contributed by atoms with Gasteiger partial charge >= 0.3 is 0 Å². The summed E-state index contributed by atoms with van der Waals surface area (Å²) in [5, 5.41) is 12.3. The molecule has 3 rings (SSSR count). The zero-order valence-electron chi connectivity index (χ0n) is 7.68. The van der Waals surface area contributed by atoms with Crippen LogP contribution in [0.15, 0.2) is 18.5 Å². The van der Waals surface area contributed by atoms with E-state index in [-0.39, 0.29) is 0 Å². The molecule has 0 saturated heterocycles. The van der Waals surface area contributed by atoms with Crippen LogP contribution >= 0.6 is 0 Å². The first-order chi connectivity index (χ1) is 6.86. The van der Waals surface area contributed by atoms with Crippen molar-refractivity contribution in [2.24, 2.45) is 0 Å². The molecule has 0 N–H and O–H groups in total. The molecule has 68 valence electrons. The highest BCUT2D eigenvalue weighted by molar-refractivity contribution is 5.81. The summed E-state index contributed by atoms with van der Waals surface area (Å²) in [7, 11) is 0. The summed E-state index contributed by atoms with van der Waals surface area (Å²) in [5.41, 5.74) is 4.02. The van der Waals surface area contributed by atoms with E-state index in [1.54, 1.807) is 10.8 Å². The van der Waals surface area contributed by atoms with Gasteiger partial charge in [-0.15, -0.1) is 10.2 Å². The molecule has 0 bridgehead atoms. The molecule has 0 radical (unpaired) electrons. The molecule has 2 aromatic rings. The molecule has 14 heavy (non-hydrogen) atoms. The van der Waals surface area contributed by atoms with Crippen LogP contribution in [0.1, 0.15) is 17.0 Å². The molecule has 0 unspecified atom stereocenters. The second-order valence-electron chi connectivity index (χ2n) is 3.23. The van der Waals surface area contributed by atoms with E-state index in [2.05, 4.69) is 15.3 Å². The van der Waals surface area contributed by atoms with Crippen molar-refractivity contribution in [1.82, 2.24) is 19.8 Å². The zero-order chi connectivity index (χ0) is 9.54. The third-order valence-electron chi connectivity index (χ3n) is 2.33. The maximum Gasteiger partial charge on any atom is 0.140 e. The Morgan fingerprint density at radius 2 is 2.07 bits per heavy atom. The van der Waals surface area contributed by atoms with Crippen LogP contribution in [0.2, 0.25) is 0 Å². The Morgan fingerprint density at radius 3 is 3.00 bits per heavy atom. The highest BCUT2D eigenvalue weighted by atomic mass is 15.3. The third-order valence-corrected chi connectivity index (χ3v) is 2.33. The van der Waals surface area contributed by atoms with Crippen molar-refractivity contribution in [2.75, 3.05) is 0 Å². The largest absolute Gasteiger partial charge is 0.217 e. The van der Waals surface area contributed by atoms with Crippen LogP contribution in [0.25, 0.3) is 17.7 Å². The lowest BCUT2D eigenvalue weighted by Gasteiger charge is -1.95. The Hall–Kier alpha value is -1.97. The molecule has 2 heterocycles. The molecule has 0 fully saturated rings. The van der Waals surface area contributed by atoms with Crippen LogP contribution in [0.5, 0.6) is 0 Å². The van der Waals surface area contributed by atoms with Gasteiger partial charge in [-0.3, -0.25) is 0 Å². The van der Waals surface area contributed by atoms with E-state index in [9.17, 15) is 0 Å². The van der Waals surface area contributed by atoms with Crippen LogP contribution < -0.4 is 0 Å². The standard InChI is InChI=1S/C10H8N4/c1-7-8-4-2-3-5-9-10(8)14(13-7)6-11-12-9/h2-6H,1H3. The van der Waals surface area contributed by atoms with Crippen LogP contribution in [-0.2, 0) is 0 Å². The van der Waals surface area contributed by atoms with E-state index < -0.39 is 0 Å². The van der Waals surface area contributed by atoms with Gasteiger partial charge in [0.2, 0.25) is 0 Å². The molecule has 0 amide bonds. The van der Waals surface area contributed by atoms with Crippen molar-refractivity contribution in [3.05, 3.63) is 35.4 Å². The molecule has 1 aliphatic carbocycles. The van der Waals surface area contributed by atoms with E-state index in [0.29, 0.717) is 0 Å². The maximum absolute atomic E-state index is 4.36. The van der Waals surface area contributed by atoms with Gasteiger partial charge in [0.1, 0.15) is 17.5 Å². The number of aryl methyl sites for hydroxylation is 1. The second kappa shape index (κ2) is 2.51. The van der Waals surface area contributed by atoms with Crippen LogP contribution in [0.4, 0.5) is 0 Å². The van der Waals surface area contributed by atoms with Gasteiger partial charge < -0.3 is 0 Å². The lowest BCUT2D eigenvalue weighted by atomic mass is 10.2. The van der Waals surface area contributed by atoms with Gasteiger partial charge in [-0.1, -0.05) is 18.2 Å². The van der Waals surface area contributed by atoms with E-state index in [0.717, 1.165) is 22.5 Å². The molecule has 1 aliphatic rings. The molecular weight excluding hydrogens is 176 g/mol. The Balaban J connectivity index is 2.57. The van der Waals surface area contributed by atoms with Gasteiger partial charge in [-0.25, -0.2) is 4.52 Å². The first kappa shape index (κ1) is 7.44. The van der Waals surface area contributed by atoms with E-state index in [4.69, 9.17) is 0 Å². The van der Waals surface area contributed by atoms with E-state index in [1.807, 2.05) is 31.2 Å². The molecule has 0 spiro atoms. The van der Waals surface area contributed by atoms with Crippen molar-refractivity contribution < 1.29 is 0 Å². The number of rotatable bonds is 0. The number of allylic oxidation sites excluding steroid dienone is 2. The smallest absolute Gasteiger partial charge is 0.140 e. The van der Waals surface area contributed by atoms with Gasteiger partial charge in [-0.2, -0.15) is 5.10 Å². The minimum absolute atomic E-state index is 0.869. The van der Waals surface area contributed by atoms with Crippen molar-refractivity contribution in [3.63, 3.8) is 0 Å². The molecule has 2 aromatic heterocycles. The normalized spacial score (nSPS) is 13.5. The summed E-state index contributed by atoms with van der Waals surface area (Å²) in [5.74, 6) is 0. The third kappa shape index (κ3) is 0.849. The topological polar surface area (TPSA) is 43.1 Å². The first-order valence-corrected chi connectivity index (χ1v) is 4.41. The molecule has 4 nitrogen and oxygen atoms in total. The average molecular weight is 184 g/mol. The van der Waals surface area contributed by atoms with Crippen molar-refractivity contribution >= 4 is 17.7 Å². The highest BCUT2D eigenvalue weighted by Crippen LogP contribution is 2.21. The summed E-state index contributed by atoms with van der Waals surface area (Å²) in [6.07, 6.45) is 9.57. The van der Waals surface area contributed by atoms with Gasteiger partial charge in [-0.05, 0) is 13.0 Å². The van der Waals surface area contributed by atoms with Crippen LogP contribution in [-0.4, -0.2) is 19.8 Å². The quantitative estimate of drug-likeness (QED) is 0.622. The lowest BCUT2D eigenvalue weighted by molar-refractivity contribution is 0.847. The SMILES string of the molecule is Cc1nn2cnnc3c2c1C=CC=C3. The van der Waals surface area contributed by atoms with E-state index >= 15 is 0 Å². The molecule has 0 aromatic carbocycles. The van der Waals surface area contributed by atoms with Crippen molar-refractivity contribution in [2.45, 2.75) is 6.92 Å². The fourth-order valence-electron chi connectivity index (χ4n) is 1.69. The number of nitrogens with zero attached hydrogens (tertiary/aromatic N) is 4. The molecule has 4 heteroatoms. The summed E-state index contributed by atoms with van der Waals surface area (Å²) < 4.78 is 1.77. The summed E-state index contributed by atoms with van der Waals surface area (Å²) >= 11 is 0. The number of hydrogen-bond donors (Lipinski definition) is 0. The fourth-order valence-corrected chi connectivity index (χ4v) is 1.69. The van der Waals surface area contributed by atoms with Gasteiger partial charge in [0.25, 0.3) is 0 Å². The van der Waals surface area contributed by atoms with E-state index in [1.165, 1.54) is 0 Å². The predicted molar refractivity (Wildman–Crippen MR) is 53.6 cm³/mol. The highest BCUT2D eigenvalue weighted by Gasteiger charge is 2.11. The Morgan fingerprint density at radius 1 is 1.21 bits per heavy atom. The minimum Gasteiger partial charge on any atom is -0.217 e. The Bertz CT molecular complexity index is 563. The van der Waals surface area contributed by atoms with Gasteiger partial charge in [0.15, 0.2) is 0 Å². The summed E-state index contributed by atoms with van der Waals surface area (Å²) in [6, 6.07) is 0. The summed E-state index contributed by atoms with van der Waals surface area (Å²) in [6.45, 7) is 1.99. The first-order valence-electron chi connectivity index (χ1n) is 4.41. The van der Waals surface area contributed by atoms with Crippen molar-refractivity contribution in [1.29, 1.82) is 0 Å². The predicted octanol–water partition coefficient (Wildman–Crippen LogP) is 1.47. The number of aromatic nitrogens is 4. The monoisotopic (exact) mass is 184 g/mol. The van der Waals surface area contributed by atoms with Crippen molar-refractivity contribution in [3.8, 4) is 0 Å². The number of hydrogen-bond acceptors (Lipinski definition) is 3. The minimum atomic E-state index is 0.869. The van der Waals surface area contributed by atoms with Crippen LogP contribution in [0, 0.1) is 6.92 Å². The van der Waals surface area contributed by atoms with Crippen LogP contribution in [0.3, 0.4) is 0 Å². The Labute approximate surface area is 80.6 Å². The molecule has 0 saturated carbocycles. The Kier molecular flexibility index (Phi) is 1.33.